The van der Waals surface area contributed by atoms with E-state index in [9.17, 15) is 36.2 Å². The molecule has 0 aliphatic carbocycles. The van der Waals surface area contributed by atoms with Gasteiger partial charge in [0.1, 0.15) is 11.5 Å². The number of aliphatic hydroxyl groups excluding tert-OH is 1. The van der Waals surface area contributed by atoms with Crippen LogP contribution in [0.5, 0.6) is 11.5 Å². The maximum atomic E-state index is 12.1. The minimum absolute atomic E-state index is 0.0694. The van der Waals surface area contributed by atoms with Gasteiger partial charge in [0, 0.05) is 12.1 Å². The van der Waals surface area contributed by atoms with Crippen molar-refractivity contribution in [2.75, 3.05) is 13.2 Å². The third-order valence-electron chi connectivity index (χ3n) is 3.47. The fraction of sp³-hybridized carbons (Fsp3) is 0.278. The van der Waals surface area contributed by atoms with Gasteiger partial charge in [0.15, 0.2) is 6.61 Å². The molecule has 0 saturated carbocycles. The largest absolute Gasteiger partial charge is 0.573 e. The molecule has 5 nitrogen and oxygen atoms in total. The summed E-state index contributed by atoms with van der Waals surface area (Å²) < 4.78 is 80.9. The van der Waals surface area contributed by atoms with E-state index in [1.807, 2.05) is 0 Å². The number of halogens is 6. The van der Waals surface area contributed by atoms with Crippen molar-refractivity contribution in [3.8, 4) is 11.5 Å². The van der Waals surface area contributed by atoms with Crippen LogP contribution in [0.25, 0.3) is 0 Å². The van der Waals surface area contributed by atoms with Gasteiger partial charge in [0.2, 0.25) is 0 Å². The SMILES string of the molecule is O=C(NCC(O)c1ccc(OC(F)(F)F)cc1)c1ccc(OCC(F)(F)F)cc1. The molecular formula is C18H15F6NO4. The van der Waals surface area contributed by atoms with Gasteiger partial charge in [0.25, 0.3) is 5.91 Å². The molecule has 0 spiro atoms. The molecule has 0 aliphatic rings. The van der Waals surface area contributed by atoms with E-state index < -0.39 is 36.9 Å². The summed E-state index contributed by atoms with van der Waals surface area (Å²) in [6, 6.07) is 9.34. The molecule has 2 aromatic carbocycles. The van der Waals surface area contributed by atoms with Crippen LogP contribution in [0.15, 0.2) is 48.5 Å². The fourth-order valence-electron chi connectivity index (χ4n) is 2.17. The number of carbonyl (C=O) groups is 1. The minimum Gasteiger partial charge on any atom is -0.484 e. The summed E-state index contributed by atoms with van der Waals surface area (Å²) >= 11 is 0. The summed E-state index contributed by atoms with van der Waals surface area (Å²) in [6.45, 7) is -1.71. The van der Waals surface area contributed by atoms with Crippen molar-refractivity contribution in [2.24, 2.45) is 0 Å². The quantitative estimate of drug-likeness (QED) is 0.661. The second-order valence-corrected chi connectivity index (χ2v) is 5.77. The molecule has 0 saturated heterocycles. The molecule has 1 unspecified atom stereocenters. The number of benzene rings is 2. The zero-order valence-corrected chi connectivity index (χ0v) is 14.6. The Hall–Kier alpha value is -2.95. The molecule has 2 N–H and O–H groups in total. The highest BCUT2D eigenvalue weighted by atomic mass is 19.4. The molecule has 0 heterocycles. The molecule has 0 aliphatic heterocycles. The summed E-state index contributed by atoms with van der Waals surface area (Å²) in [4.78, 5) is 12.0. The van der Waals surface area contributed by atoms with Crippen molar-refractivity contribution in [1.29, 1.82) is 0 Å². The highest BCUT2D eigenvalue weighted by Crippen LogP contribution is 2.24. The molecule has 11 heteroatoms. The van der Waals surface area contributed by atoms with E-state index in [0.29, 0.717) is 0 Å². The van der Waals surface area contributed by atoms with Crippen LogP contribution in [0.4, 0.5) is 26.3 Å². The number of rotatable bonds is 7. The van der Waals surface area contributed by atoms with E-state index in [1.54, 1.807) is 0 Å². The van der Waals surface area contributed by atoms with Crippen LogP contribution in [-0.4, -0.2) is 36.7 Å². The molecule has 2 aromatic rings. The fourth-order valence-corrected chi connectivity index (χ4v) is 2.17. The second kappa shape index (κ2) is 9.03. The Kier molecular flexibility index (Phi) is 6.96. The van der Waals surface area contributed by atoms with Gasteiger partial charge in [-0.2, -0.15) is 13.2 Å². The number of ether oxygens (including phenoxy) is 2. The lowest BCUT2D eigenvalue weighted by Crippen LogP contribution is -2.28. The average molecular weight is 423 g/mol. The Morgan fingerprint density at radius 1 is 0.931 bits per heavy atom. The predicted molar refractivity (Wildman–Crippen MR) is 88.4 cm³/mol. The smallest absolute Gasteiger partial charge is 0.484 e. The molecule has 1 atom stereocenters. The van der Waals surface area contributed by atoms with Crippen molar-refractivity contribution in [1.82, 2.24) is 5.32 Å². The topological polar surface area (TPSA) is 67.8 Å². The maximum Gasteiger partial charge on any atom is 0.573 e. The van der Waals surface area contributed by atoms with E-state index in [1.165, 1.54) is 36.4 Å². The summed E-state index contributed by atoms with van der Waals surface area (Å²) in [7, 11) is 0. The van der Waals surface area contributed by atoms with Crippen molar-refractivity contribution < 1.29 is 45.7 Å². The van der Waals surface area contributed by atoms with E-state index >= 15 is 0 Å². The zero-order valence-electron chi connectivity index (χ0n) is 14.6. The number of amides is 1. The first-order chi connectivity index (χ1) is 13.4. The minimum atomic E-state index is -4.83. The maximum absolute atomic E-state index is 12.1. The lowest BCUT2D eigenvalue weighted by atomic mass is 10.1. The highest BCUT2D eigenvalue weighted by molar-refractivity contribution is 5.94. The van der Waals surface area contributed by atoms with Gasteiger partial charge in [0.05, 0.1) is 6.10 Å². The molecule has 158 valence electrons. The average Bonchev–Trinajstić information content (AvgIpc) is 2.63. The first-order valence-electron chi connectivity index (χ1n) is 8.04. The van der Waals surface area contributed by atoms with Gasteiger partial charge in [-0.3, -0.25) is 4.79 Å². The predicted octanol–water partition coefficient (Wildman–Crippen LogP) is 3.99. The molecular weight excluding hydrogens is 408 g/mol. The van der Waals surface area contributed by atoms with Gasteiger partial charge in [-0.1, -0.05) is 12.1 Å². The van der Waals surface area contributed by atoms with E-state index in [2.05, 4.69) is 14.8 Å². The third kappa shape index (κ3) is 7.90. The monoisotopic (exact) mass is 423 g/mol. The van der Waals surface area contributed by atoms with E-state index in [0.717, 1.165) is 12.1 Å². The van der Waals surface area contributed by atoms with Crippen molar-refractivity contribution in [3.63, 3.8) is 0 Å². The Bertz CT molecular complexity index is 803. The lowest BCUT2D eigenvalue weighted by molar-refractivity contribution is -0.274. The number of nitrogens with one attached hydrogen (secondary N) is 1. The van der Waals surface area contributed by atoms with Crippen LogP contribution in [0.2, 0.25) is 0 Å². The molecule has 2 rings (SSSR count). The van der Waals surface area contributed by atoms with Crippen LogP contribution >= 0.6 is 0 Å². The molecule has 1 amide bonds. The number of hydrogen-bond acceptors (Lipinski definition) is 4. The van der Waals surface area contributed by atoms with Crippen LogP contribution in [0.1, 0.15) is 22.0 Å². The van der Waals surface area contributed by atoms with Gasteiger partial charge < -0.3 is 19.9 Å². The standard InChI is InChI=1S/C18H15F6NO4/c19-17(20,21)10-28-13-5-3-12(4-6-13)16(27)25-9-15(26)11-1-7-14(8-2-11)29-18(22,23)24/h1-8,15,26H,9-10H2,(H,25,27). The van der Waals surface area contributed by atoms with Gasteiger partial charge in [-0.15, -0.1) is 13.2 Å². The first-order valence-corrected chi connectivity index (χ1v) is 8.04. The molecule has 29 heavy (non-hydrogen) atoms. The Balaban J connectivity index is 1.86. The van der Waals surface area contributed by atoms with Crippen LogP contribution in [0, 0.1) is 0 Å². The van der Waals surface area contributed by atoms with Gasteiger partial charge >= 0.3 is 12.5 Å². The Labute approximate surface area is 160 Å². The highest BCUT2D eigenvalue weighted by Gasteiger charge is 2.31. The first kappa shape index (κ1) is 22.3. The van der Waals surface area contributed by atoms with Crippen molar-refractivity contribution >= 4 is 5.91 Å². The molecule has 0 bridgehead atoms. The number of alkyl halides is 6. The van der Waals surface area contributed by atoms with Crippen LogP contribution < -0.4 is 14.8 Å². The Morgan fingerprint density at radius 3 is 2.00 bits per heavy atom. The van der Waals surface area contributed by atoms with Crippen LogP contribution in [-0.2, 0) is 0 Å². The second-order valence-electron chi connectivity index (χ2n) is 5.77. The van der Waals surface area contributed by atoms with Gasteiger partial charge in [-0.25, -0.2) is 0 Å². The van der Waals surface area contributed by atoms with Crippen molar-refractivity contribution in [2.45, 2.75) is 18.6 Å². The molecule has 0 radical (unpaired) electrons. The van der Waals surface area contributed by atoms with E-state index in [-0.39, 0.29) is 23.4 Å². The van der Waals surface area contributed by atoms with Crippen molar-refractivity contribution in [3.05, 3.63) is 59.7 Å². The zero-order chi connectivity index (χ0) is 21.7. The molecule has 0 fully saturated rings. The van der Waals surface area contributed by atoms with E-state index in [4.69, 9.17) is 0 Å². The lowest BCUT2D eigenvalue weighted by Gasteiger charge is -2.14. The molecule has 0 aromatic heterocycles. The Morgan fingerprint density at radius 2 is 1.48 bits per heavy atom. The third-order valence-corrected chi connectivity index (χ3v) is 3.47. The summed E-state index contributed by atoms with van der Waals surface area (Å²) in [6.07, 6.45) is -10.5. The summed E-state index contributed by atoms with van der Waals surface area (Å²) in [5.41, 5.74) is 0.362. The number of hydrogen-bond donors (Lipinski definition) is 2. The normalized spacial score (nSPS) is 12.9. The summed E-state index contributed by atoms with van der Waals surface area (Å²) in [5.74, 6) is -1.13. The number of carbonyl (C=O) groups excluding carboxylic acids is 1. The number of aliphatic hydroxyl groups is 1. The van der Waals surface area contributed by atoms with Crippen LogP contribution in [0.3, 0.4) is 0 Å². The van der Waals surface area contributed by atoms with Gasteiger partial charge in [-0.05, 0) is 42.0 Å². The summed E-state index contributed by atoms with van der Waals surface area (Å²) in [5, 5.41) is 12.4.